The molecule has 4 amide bonds. The van der Waals surface area contributed by atoms with Crippen LogP contribution < -0.4 is 0 Å². The summed E-state index contributed by atoms with van der Waals surface area (Å²) in [7, 11) is 0. The Balaban J connectivity index is 1.35. The minimum Gasteiger partial charge on any atom is -0.508 e. The molecule has 3 aromatic rings. The van der Waals surface area contributed by atoms with Crippen LogP contribution in [0.3, 0.4) is 0 Å². The number of likely N-dealkylation sites (tertiary alicyclic amines) is 2. The first-order valence-electron chi connectivity index (χ1n) is 14.4. The van der Waals surface area contributed by atoms with Crippen molar-refractivity contribution in [3.63, 3.8) is 0 Å². The van der Waals surface area contributed by atoms with E-state index >= 15 is 0 Å². The maximum Gasteiger partial charge on any atom is 0.254 e. The molecule has 8 nitrogen and oxygen atoms in total. The van der Waals surface area contributed by atoms with Crippen molar-refractivity contribution in [3.8, 4) is 11.5 Å². The molecule has 3 aromatic carbocycles. The number of carbonyl (C=O) groups excluding carboxylic acids is 4. The number of hydrogen-bond acceptors (Lipinski definition) is 6. The van der Waals surface area contributed by atoms with Gasteiger partial charge in [0.25, 0.3) is 11.8 Å². The number of allylic oxidation sites excluding steroid dienone is 2. The van der Waals surface area contributed by atoms with E-state index in [2.05, 4.69) is 15.9 Å². The quantitative estimate of drug-likeness (QED) is 0.164. The molecule has 0 bridgehead atoms. The second-order valence-corrected chi connectivity index (χ2v) is 13.7. The fourth-order valence-corrected chi connectivity index (χ4v) is 9.26. The summed E-state index contributed by atoms with van der Waals surface area (Å²) >= 11 is 17.9. The molecule has 4 aliphatic rings. The van der Waals surface area contributed by atoms with Crippen LogP contribution in [0.4, 0.5) is 0 Å². The van der Waals surface area contributed by atoms with Crippen LogP contribution in [0.2, 0.25) is 0 Å². The second-order valence-electron chi connectivity index (χ2n) is 12.0. The highest BCUT2D eigenvalue weighted by molar-refractivity contribution is 9.09. The maximum absolute atomic E-state index is 14.1. The van der Waals surface area contributed by atoms with Crippen molar-refractivity contribution in [2.24, 2.45) is 17.8 Å². The lowest BCUT2D eigenvalue weighted by Crippen LogP contribution is -2.60. The number of rotatable bonds is 5. The normalized spacial score (nSPS) is 31.3. The number of phenols is 2. The van der Waals surface area contributed by atoms with Gasteiger partial charge < -0.3 is 10.2 Å². The highest BCUT2D eigenvalue weighted by Gasteiger charge is 2.76. The van der Waals surface area contributed by atoms with Gasteiger partial charge in [-0.2, -0.15) is 0 Å². The first-order valence-corrected chi connectivity index (χ1v) is 16.2. The van der Waals surface area contributed by atoms with Crippen LogP contribution in [0.1, 0.15) is 29.9 Å². The molecule has 7 rings (SSSR count). The zero-order chi connectivity index (χ0) is 31.1. The van der Waals surface area contributed by atoms with Crippen molar-refractivity contribution < 1.29 is 29.4 Å². The molecule has 11 heteroatoms. The van der Waals surface area contributed by atoms with Gasteiger partial charge in [-0.3, -0.25) is 29.0 Å². The van der Waals surface area contributed by atoms with Crippen LogP contribution in [0.15, 0.2) is 72.3 Å². The molecule has 2 saturated heterocycles. The topological polar surface area (TPSA) is 115 Å². The molecule has 3 fully saturated rings. The third-order valence-electron chi connectivity index (χ3n) is 9.90. The molecule has 0 spiro atoms. The lowest BCUT2D eigenvalue weighted by atomic mass is 9.56. The minimum absolute atomic E-state index is 0.113. The molecule has 2 aliphatic carbocycles. The summed E-state index contributed by atoms with van der Waals surface area (Å²) in [6.45, 7) is 0.158. The second kappa shape index (κ2) is 10.3. The van der Waals surface area contributed by atoms with Gasteiger partial charge >= 0.3 is 0 Å². The van der Waals surface area contributed by atoms with Crippen LogP contribution in [0.5, 0.6) is 11.5 Å². The van der Waals surface area contributed by atoms with Crippen molar-refractivity contribution in [2.75, 3.05) is 12.0 Å². The highest BCUT2D eigenvalue weighted by atomic mass is 79.9. The van der Waals surface area contributed by atoms with Gasteiger partial charge in [0.15, 0.2) is 9.75 Å². The maximum atomic E-state index is 14.1. The minimum atomic E-state index is -2.00. The van der Waals surface area contributed by atoms with Gasteiger partial charge in [-0.15, -0.1) is 23.2 Å². The third-order valence-corrected chi connectivity index (χ3v) is 11.8. The summed E-state index contributed by atoms with van der Waals surface area (Å²) < 4.78 is 0. The Labute approximate surface area is 271 Å². The summed E-state index contributed by atoms with van der Waals surface area (Å²) in [4.78, 5) is 54.0. The Bertz CT molecular complexity index is 1800. The van der Waals surface area contributed by atoms with Crippen molar-refractivity contribution in [1.82, 2.24) is 9.80 Å². The number of amides is 4. The lowest BCUT2D eigenvalue weighted by molar-refractivity contribution is -0.141. The smallest absolute Gasteiger partial charge is 0.254 e. The first kappa shape index (κ1) is 29.3. The number of fused-ring (bicyclic) bond motifs is 5. The summed E-state index contributed by atoms with van der Waals surface area (Å²) in [5.74, 6) is -5.18. The largest absolute Gasteiger partial charge is 0.508 e. The molecule has 0 unspecified atom stereocenters. The summed E-state index contributed by atoms with van der Waals surface area (Å²) in [5, 5.41) is 22.4. The third kappa shape index (κ3) is 3.88. The van der Waals surface area contributed by atoms with Crippen molar-refractivity contribution >= 4 is 73.5 Å². The number of nitrogens with zero attached hydrogens (tertiary/aromatic N) is 2. The fraction of sp³-hybridized carbons (Fsp3) is 0.333. The predicted octanol–water partition coefficient (Wildman–Crippen LogP) is 5.20. The lowest BCUT2D eigenvalue weighted by Gasteiger charge is -2.51. The zero-order valence-electron chi connectivity index (χ0n) is 23.3. The number of hydrogen-bond donors (Lipinski definition) is 2. The van der Waals surface area contributed by atoms with E-state index in [1.807, 2.05) is 30.3 Å². The molecule has 2 heterocycles. The summed E-state index contributed by atoms with van der Waals surface area (Å²) in [5.41, 5.74) is 1.72. The van der Waals surface area contributed by atoms with Crippen molar-refractivity contribution in [3.05, 3.63) is 83.4 Å². The van der Waals surface area contributed by atoms with Gasteiger partial charge in [0.2, 0.25) is 11.8 Å². The van der Waals surface area contributed by atoms with E-state index in [1.54, 1.807) is 30.3 Å². The number of alkyl halides is 3. The SMILES string of the molecule is O=C1[C@H]2[C@H](CC=C3[C@H]2C[C@@]2(Cl)C(=O)N(CBr)C(=O)[C@@]2(Cl)[C@H]3c2c(O)ccc3ccccc23)C(=O)N1CCc1ccc(O)cc1. The standard InChI is InChI=1S/C33H27BrCl2N2O6/c34-16-38-30(43)32(35)15-23-21(27(33(32,36)31(38)44)26-20-4-2-1-3-18(20)7-12-24(26)40)10-11-22-25(23)29(42)37(28(22)41)14-13-17-5-8-19(39)9-6-17/h1-10,12,22-23,25,27,39-40H,11,13-16H2/t22-,23+,25-,27+,32+,33-/m0/s1. The molecule has 6 atom stereocenters. The average Bonchev–Trinajstić information content (AvgIpc) is 3.34. The van der Waals surface area contributed by atoms with Crippen LogP contribution in [0, 0.1) is 17.8 Å². The summed E-state index contributed by atoms with van der Waals surface area (Å²) in [6, 6.07) is 17.2. The van der Waals surface area contributed by atoms with E-state index in [1.165, 1.54) is 11.0 Å². The van der Waals surface area contributed by atoms with Gasteiger partial charge in [-0.05, 0) is 59.7 Å². The average molecular weight is 698 g/mol. The van der Waals surface area contributed by atoms with Gasteiger partial charge in [0.1, 0.15) is 11.5 Å². The van der Waals surface area contributed by atoms with E-state index in [0.29, 0.717) is 22.9 Å². The van der Waals surface area contributed by atoms with E-state index in [9.17, 15) is 29.4 Å². The molecular weight excluding hydrogens is 671 g/mol. The first-order chi connectivity index (χ1) is 21.0. The van der Waals surface area contributed by atoms with E-state index in [4.69, 9.17) is 23.2 Å². The van der Waals surface area contributed by atoms with Crippen LogP contribution in [-0.2, 0) is 25.6 Å². The Morgan fingerprint density at radius 3 is 2.32 bits per heavy atom. The number of benzene rings is 3. The van der Waals surface area contributed by atoms with E-state index < -0.39 is 45.2 Å². The fourth-order valence-electron chi connectivity index (χ4n) is 7.85. The van der Waals surface area contributed by atoms with Gasteiger partial charge in [-0.1, -0.05) is 70.0 Å². The van der Waals surface area contributed by atoms with Crippen molar-refractivity contribution in [2.45, 2.75) is 34.9 Å². The molecule has 226 valence electrons. The van der Waals surface area contributed by atoms with E-state index in [0.717, 1.165) is 15.8 Å². The van der Waals surface area contributed by atoms with E-state index in [-0.39, 0.29) is 48.2 Å². The molecule has 0 aromatic heterocycles. The summed E-state index contributed by atoms with van der Waals surface area (Å²) in [6.07, 6.45) is 2.39. The van der Waals surface area contributed by atoms with Crippen LogP contribution in [-0.4, -0.2) is 65.4 Å². The Morgan fingerprint density at radius 1 is 0.864 bits per heavy atom. The Morgan fingerprint density at radius 2 is 1.59 bits per heavy atom. The van der Waals surface area contributed by atoms with Gasteiger partial charge in [-0.25, -0.2) is 0 Å². The zero-order valence-corrected chi connectivity index (χ0v) is 26.3. The Hall–Kier alpha value is -3.40. The number of imide groups is 2. The molecule has 1 saturated carbocycles. The molecule has 2 N–H and O–H groups in total. The number of aromatic hydroxyl groups is 2. The monoisotopic (exact) mass is 696 g/mol. The molecule has 44 heavy (non-hydrogen) atoms. The highest BCUT2D eigenvalue weighted by Crippen LogP contribution is 2.66. The van der Waals surface area contributed by atoms with Crippen LogP contribution >= 0.6 is 39.1 Å². The van der Waals surface area contributed by atoms with Gasteiger partial charge in [0.05, 0.1) is 17.3 Å². The number of halogens is 3. The number of phenolic OH excluding ortho intramolecular Hbond substituents is 2. The van der Waals surface area contributed by atoms with Crippen LogP contribution in [0.25, 0.3) is 10.8 Å². The predicted molar refractivity (Wildman–Crippen MR) is 167 cm³/mol. The molecule has 0 radical (unpaired) electrons. The molecule has 2 aliphatic heterocycles. The molecular formula is C33H27BrCl2N2O6. The van der Waals surface area contributed by atoms with Gasteiger partial charge in [0, 0.05) is 18.0 Å². The Kier molecular flexibility index (Phi) is 6.88. The van der Waals surface area contributed by atoms with Crippen molar-refractivity contribution in [1.29, 1.82) is 0 Å². The number of carbonyl (C=O) groups is 4.